The molecule has 2 aliphatic rings. The largest absolute Gasteiger partial charge is 0.467 e. The monoisotopic (exact) mass is 409 g/mol. The lowest BCUT2D eigenvalue weighted by atomic mass is 9.92. The van der Waals surface area contributed by atoms with E-state index in [1.165, 1.54) is 43.4 Å². The van der Waals surface area contributed by atoms with Gasteiger partial charge in [0.1, 0.15) is 17.6 Å². The first-order valence-electron chi connectivity index (χ1n) is 10.6. The smallest absolute Gasteiger partial charge is 0.273 e. The molecule has 3 rings (SSSR count). The Morgan fingerprint density at radius 3 is 2.64 bits per heavy atom. The molecule has 2 bridgehead atoms. The highest BCUT2D eigenvalue weighted by Crippen LogP contribution is 2.51. The minimum Gasteiger partial charge on any atom is -0.467 e. The highest BCUT2D eigenvalue weighted by atomic mass is 32.1. The van der Waals surface area contributed by atoms with E-state index in [0.29, 0.717) is 16.6 Å². The standard InChI is InChI=1S/C21H35N3O3S/c1-21(2,3)24-11-16(25)13-27-20-23-12-18(28-20)19(26)22-10-4-5-17-14-6-7-15(17)9-8-14/h12,14-17,24-25H,4-11,13H2,1-3H3,(H,22,26). The van der Waals surface area contributed by atoms with Gasteiger partial charge in [-0.1, -0.05) is 11.3 Å². The summed E-state index contributed by atoms with van der Waals surface area (Å²) in [5.41, 5.74) is -0.0508. The number of carbonyl (C=O) groups excluding carboxylic acids is 1. The summed E-state index contributed by atoms with van der Waals surface area (Å²) >= 11 is 1.22. The second kappa shape index (κ2) is 9.55. The van der Waals surface area contributed by atoms with Crippen molar-refractivity contribution in [2.45, 2.75) is 70.9 Å². The van der Waals surface area contributed by atoms with Crippen LogP contribution in [0.4, 0.5) is 0 Å². The van der Waals surface area contributed by atoms with Crippen LogP contribution in [0.3, 0.4) is 0 Å². The molecule has 158 valence electrons. The summed E-state index contributed by atoms with van der Waals surface area (Å²) in [6, 6.07) is 0. The highest BCUT2D eigenvalue weighted by Gasteiger charge is 2.40. The molecule has 3 N–H and O–H groups in total. The summed E-state index contributed by atoms with van der Waals surface area (Å²) < 4.78 is 5.52. The molecule has 0 saturated heterocycles. The minimum atomic E-state index is -0.619. The lowest BCUT2D eigenvalue weighted by molar-refractivity contribution is 0.0956. The van der Waals surface area contributed by atoms with Gasteiger partial charge in [0, 0.05) is 18.6 Å². The van der Waals surface area contributed by atoms with Crippen LogP contribution in [-0.2, 0) is 0 Å². The fourth-order valence-electron chi connectivity index (χ4n) is 4.56. The molecule has 1 aromatic heterocycles. The Hall–Kier alpha value is -1.18. The summed E-state index contributed by atoms with van der Waals surface area (Å²) in [5.74, 6) is 2.72. The normalized spacial score (nSPS) is 25.1. The summed E-state index contributed by atoms with van der Waals surface area (Å²) in [4.78, 5) is 17.0. The first-order chi connectivity index (χ1) is 13.3. The van der Waals surface area contributed by atoms with E-state index in [9.17, 15) is 9.90 Å². The van der Waals surface area contributed by atoms with Crippen LogP contribution in [0, 0.1) is 17.8 Å². The molecule has 1 amide bonds. The van der Waals surface area contributed by atoms with Crippen LogP contribution < -0.4 is 15.4 Å². The first-order valence-corrected chi connectivity index (χ1v) is 11.4. The summed E-state index contributed by atoms with van der Waals surface area (Å²) in [6.45, 7) is 7.46. The number of amides is 1. The van der Waals surface area contributed by atoms with Crippen molar-refractivity contribution in [2.75, 3.05) is 19.7 Å². The SMILES string of the molecule is CC(C)(C)NCC(O)COc1ncc(C(=O)NCCCC2C3CCC2CC3)s1. The molecule has 0 aromatic carbocycles. The average Bonchev–Trinajstić information content (AvgIpc) is 3.37. The number of aliphatic hydroxyl groups excluding tert-OH is 1. The molecule has 2 saturated carbocycles. The quantitative estimate of drug-likeness (QED) is 0.517. The Bertz CT molecular complexity index is 623. The Kier molecular flexibility index (Phi) is 7.34. The zero-order chi connectivity index (χ0) is 20.1. The van der Waals surface area contributed by atoms with E-state index in [-0.39, 0.29) is 18.1 Å². The van der Waals surface area contributed by atoms with Crippen molar-refractivity contribution >= 4 is 17.2 Å². The molecule has 28 heavy (non-hydrogen) atoms. The minimum absolute atomic E-state index is 0.0508. The maximum absolute atomic E-state index is 12.3. The number of nitrogens with zero attached hydrogens (tertiary/aromatic N) is 1. The second-order valence-electron chi connectivity index (χ2n) is 9.32. The van der Waals surface area contributed by atoms with Gasteiger partial charge >= 0.3 is 0 Å². The van der Waals surface area contributed by atoms with Gasteiger partial charge in [0.15, 0.2) is 0 Å². The molecule has 0 spiro atoms. The highest BCUT2D eigenvalue weighted by molar-refractivity contribution is 7.15. The second-order valence-corrected chi connectivity index (χ2v) is 10.3. The number of carbonyl (C=O) groups is 1. The molecule has 2 aliphatic carbocycles. The molecule has 1 heterocycles. The van der Waals surface area contributed by atoms with Gasteiger partial charge < -0.3 is 20.5 Å². The molecule has 0 radical (unpaired) electrons. The van der Waals surface area contributed by atoms with E-state index in [1.807, 2.05) is 20.8 Å². The van der Waals surface area contributed by atoms with E-state index in [4.69, 9.17) is 4.74 Å². The number of thiazole rings is 1. The van der Waals surface area contributed by atoms with Gasteiger partial charge in [-0.05, 0) is 77.0 Å². The molecular formula is C21H35N3O3S. The Morgan fingerprint density at radius 1 is 1.32 bits per heavy atom. The molecule has 2 fully saturated rings. The summed E-state index contributed by atoms with van der Waals surface area (Å²) in [7, 11) is 0. The van der Waals surface area contributed by atoms with Crippen molar-refractivity contribution in [3.8, 4) is 5.19 Å². The number of nitrogens with one attached hydrogen (secondary N) is 2. The summed E-state index contributed by atoms with van der Waals surface area (Å²) in [5, 5.41) is 16.6. The number of hydrogen-bond acceptors (Lipinski definition) is 6. The molecule has 1 atom stereocenters. The number of ether oxygens (including phenoxy) is 1. The average molecular weight is 410 g/mol. The molecule has 7 heteroatoms. The zero-order valence-electron chi connectivity index (χ0n) is 17.4. The molecular weight excluding hydrogens is 374 g/mol. The molecule has 6 nitrogen and oxygen atoms in total. The lowest BCUT2D eigenvalue weighted by Crippen LogP contribution is -2.42. The Labute approximate surface area is 172 Å². The third kappa shape index (κ3) is 6.16. The van der Waals surface area contributed by atoms with Crippen LogP contribution >= 0.6 is 11.3 Å². The van der Waals surface area contributed by atoms with E-state index in [1.54, 1.807) is 6.20 Å². The van der Waals surface area contributed by atoms with Gasteiger partial charge in [-0.15, -0.1) is 0 Å². The maximum atomic E-state index is 12.3. The number of aliphatic hydroxyl groups is 1. The Morgan fingerprint density at radius 2 is 2.00 bits per heavy atom. The van der Waals surface area contributed by atoms with Gasteiger partial charge in [-0.2, -0.15) is 0 Å². The van der Waals surface area contributed by atoms with Gasteiger partial charge in [-0.3, -0.25) is 4.79 Å². The van der Waals surface area contributed by atoms with Crippen molar-refractivity contribution in [3.63, 3.8) is 0 Å². The van der Waals surface area contributed by atoms with E-state index < -0.39 is 6.10 Å². The van der Waals surface area contributed by atoms with Crippen LogP contribution in [0.5, 0.6) is 5.19 Å². The van der Waals surface area contributed by atoms with Crippen molar-refractivity contribution < 1.29 is 14.6 Å². The van der Waals surface area contributed by atoms with E-state index >= 15 is 0 Å². The number of fused-ring (bicyclic) bond motifs is 2. The van der Waals surface area contributed by atoms with Crippen LogP contribution in [0.15, 0.2) is 6.20 Å². The van der Waals surface area contributed by atoms with E-state index in [2.05, 4.69) is 15.6 Å². The third-order valence-electron chi connectivity index (χ3n) is 6.00. The number of rotatable bonds is 10. The topological polar surface area (TPSA) is 83.5 Å². The van der Waals surface area contributed by atoms with Crippen LogP contribution in [0.25, 0.3) is 0 Å². The van der Waals surface area contributed by atoms with Crippen LogP contribution in [0.2, 0.25) is 0 Å². The maximum Gasteiger partial charge on any atom is 0.273 e. The van der Waals surface area contributed by atoms with Gasteiger partial charge in [0.2, 0.25) is 0 Å². The Balaban J connectivity index is 1.32. The van der Waals surface area contributed by atoms with Crippen molar-refractivity contribution in [2.24, 2.45) is 17.8 Å². The van der Waals surface area contributed by atoms with E-state index in [0.717, 1.165) is 30.7 Å². The first kappa shape index (κ1) is 21.5. The van der Waals surface area contributed by atoms with Crippen molar-refractivity contribution in [3.05, 3.63) is 11.1 Å². The lowest BCUT2D eigenvalue weighted by Gasteiger charge is -2.22. The molecule has 1 aromatic rings. The number of aromatic nitrogens is 1. The van der Waals surface area contributed by atoms with Crippen LogP contribution in [-0.4, -0.2) is 47.3 Å². The summed E-state index contributed by atoms with van der Waals surface area (Å²) in [6.07, 6.45) is 8.92. The number of hydrogen-bond donors (Lipinski definition) is 3. The zero-order valence-corrected chi connectivity index (χ0v) is 18.2. The predicted octanol–water partition coefficient (Wildman–Crippen LogP) is 3.22. The number of β-amino-alcohol motifs (C(OH)–C–C–N with tert-alkyl or cyclic N) is 1. The van der Waals surface area contributed by atoms with Gasteiger partial charge in [-0.25, -0.2) is 4.98 Å². The van der Waals surface area contributed by atoms with Gasteiger partial charge in [0.25, 0.3) is 11.1 Å². The van der Waals surface area contributed by atoms with Crippen LogP contribution in [0.1, 0.15) is 69.0 Å². The molecule has 0 aliphatic heterocycles. The fourth-order valence-corrected chi connectivity index (χ4v) is 5.26. The van der Waals surface area contributed by atoms with Crippen molar-refractivity contribution in [1.29, 1.82) is 0 Å². The third-order valence-corrected chi connectivity index (χ3v) is 6.91. The van der Waals surface area contributed by atoms with Crippen molar-refractivity contribution in [1.82, 2.24) is 15.6 Å². The van der Waals surface area contributed by atoms with Gasteiger partial charge in [0.05, 0.1) is 6.20 Å². The fraction of sp³-hybridized carbons (Fsp3) is 0.810. The predicted molar refractivity (Wildman–Crippen MR) is 112 cm³/mol. The molecule has 1 unspecified atom stereocenters.